The van der Waals surface area contributed by atoms with Crippen LogP contribution in [0.2, 0.25) is 10.0 Å². The Balaban J connectivity index is 2.62. The van der Waals surface area contributed by atoms with Crippen molar-refractivity contribution in [1.82, 2.24) is 9.78 Å². The van der Waals surface area contributed by atoms with Gasteiger partial charge in [-0.3, -0.25) is 24.4 Å². The molecule has 0 spiro atoms. The highest BCUT2D eigenvalue weighted by Gasteiger charge is 2.31. The zero-order chi connectivity index (χ0) is 20.3. The maximum Gasteiger partial charge on any atom is 0.283 e. The molecule has 10 heteroatoms. The van der Waals surface area contributed by atoms with E-state index in [-0.39, 0.29) is 33.5 Å². The highest BCUT2D eigenvalue weighted by atomic mass is 35.5. The molecular weight excluding hydrogens is 395 g/mol. The van der Waals surface area contributed by atoms with Crippen molar-refractivity contribution in [1.29, 1.82) is 0 Å². The van der Waals surface area contributed by atoms with Crippen LogP contribution in [-0.4, -0.2) is 26.5 Å². The molecule has 0 atom stereocenters. The largest absolute Gasteiger partial charge is 0.283 e. The Kier molecular flexibility index (Phi) is 6.56. The molecule has 0 aliphatic rings. The number of hydrogen-bond donors (Lipinski definition) is 0. The average molecular weight is 413 g/mol. The van der Waals surface area contributed by atoms with Crippen molar-refractivity contribution in [2.45, 2.75) is 33.1 Å². The van der Waals surface area contributed by atoms with E-state index in [1.807, 2.05) is 6.92 Å². The lowest BCUT2D eigenvalue weighted by Crippen LogP contribution is -2.38. The molecule has 1 heterocycles. The van der Waals surface area contributed by atoms with E-state index in [1.165, 1.54) is 4.68 Å². The van der Waals surface area contributed by atoms with Crippen LogP contribution in [-0.2, 0) is 18.3 Å². The molecule has 0 unspecified atom stereocenters. The van der Waals surface area contributed by atoms with Gasteiger partial charge in [0.05, 0.1) is 26.3 Å². The fraction of sp³-hybridized carbons (Fsp3) is 0.353. The lowest BCUT2D eigenvalue weighted by Gasteiger charge is -2.23. The van der Waals surface area contributed by atoms with Crippen LogP contribution >= 0.6 is 23.2 Å². The van der Waals surface area contributed by atoms with Gasteiger partial charge in [0.15, 0.2) is 0 Å². The summed E-state index contributed by atoms with van der Waals surface area (Å²) in [6.45, 7) is 3.68. The van der Waals surface area contributed by atoms with Gasteiger partial charge in [-0.1, -0.05) is 37.0 Å². The molecule has 27 heavy (non-hydrogen) atoms. The minimum absolute atomic E-state index is 0.0772. The Morgan fingerprint density at radius 1 is 1.22 bits per heavy atom. The number of carbonyl (C=O) groups is 2. The smallest absolute Gasteiger partial charge is 0.274 e. The van der Waals surface area contributed by atoms with Crippen LogP contribution in [0.1, 0.15) is 42.9 Å². The summed E-state index contributed by atoms with van der Waals surface area (Å²) in [4.78, 5) is 37.0. The first-order valence-corrected chi connectivity index (χ1v) is 9.00. The van der Waals surface area contributed by atoms with Gasteiger partial charge in [-0.05, 0) is 18.9 Å². The molecule has 1 aromatic carbocycles. The van der Waals surface area contributed by atoms with Crippen molar-refractivity contribution < 1.29 is 14.5 Å². The van der Waals surface area contributed by atoms with Gasteiger partial charge in [-0.25, -0.2) is 4.90 Å². The van der Waals surface area contributed by atoms with Gasteiger partial charge >= 0.3 is 0 Å². The summed E-state index contributed by atoms with van der Waals surface area (Å²) in [6.07, 6.45) is 1.19. The second-order valence-electron chi connectivity index (χ2n) is 5.80. The molecule has 2 rings (SSSR count). The number of nitrogens with zero attached hydrogens (tertiary/aromatic N) is 4. The van der Waals surface area contributed by atoms with E-state index in [0.717, 1.165) is 17.0 Å². The molecule has 0 N–H and O–H groups in total. The lowest BCUT2D eigenvalue weighted by molar-refractivity contribution is -0.384. The minimum Gasteiger partial charge on any atom is -0.274 e. The maximum atomic E-state index is 13.1. The molecule has 144 valence electrons. The third kappa shape index (κ3) is 4.28. The number of halogens is 2. The Morgan fingerprint density at radius 2 is 1.81 bits per heavy atom. The van der Waals surface area contributed by atoms with Gasteiger partial charge in [-0.15, -0.1) is 0 Å². The van der Waals surface area contributed by atoms with Gasteiger partial charge in [-0.2, -0.15) is 5.10 Å². The number of nitro benzene ring substituents is 1. The number of rotatable bonds is 6. The first-order chi connectivity index (χ1) is 12.7. The van der Waals surface area contributed by atoms with Crippen molar-refractivity contribution >= 4 is 46.4 Å². The molecule has 0 fully saturated rings. The molecule has 1 aromatic heterocycles. The zero-order valence-corrected chi connectivity index (χ0v) is 16.5. The Morgan fingerprint density at radius 3 is 2.26 bits per heavy atom. The Bertz CT molecular complexity index is 887. The quantitative estimate of drug-likeness (QED) is 0.523. The molecule has 0 saturated carbocycles. The number of hydrogen-bond acceptors (Lipinski definition) is 5. The molecule has 0 aliphatic heterocycles. The van der Waals surface area contributed by atoms with Gasteiger partial charge < -0.3 is 0 Å². The summed E-state index contributed by atoms with van der Waals surface area (Å²) < 4.78 is 1.38. The fourth-order valence-corrected chi connectivity index (χ4v) is 3.20. The van der Waals surface area contributed by atoms with Crippen LogP contribution in [0.15, 0.2) is 18.2 Å². The number of non-ortho nitro benzene ring substituents is 1. The first kappa shape index (κ1) is 20.9. The molecule has 0 saturated heterocycles. The summed E-state index contributed by atoms with van der Waals surface area (Å²) in [5.74, 6) is -1.17. The standard InChI is InChI=1S/C17H18Cl2N4O4/c1-4-6-15(24)22(17(25)14-7-10(5-2)20-21(14)3)16-12(18)8-11(23(26)27)9-13(16)19/h7-9H,4-6H2,1-3H3. The summed E-state index contributed by atoms with van der Waals surface area (Å²) in [7, 11) is 1.59. The van der Waals surface area contributed by atoms with Crippen LogP contribution < -0.4 is 4.90 Å². The number of imide groups is 1. The molecule has 0 radical (unpaired) electrons. The molecule has 8 nitrogen and oxygen atoms in total. The highest BCUT2D eigenvalue weighted by Crippen LogP contribution is 2.38. The predicted molar refractivity (Wildman–Crippen MR) is 102 cm³/mol. The number of nitro groups is 1. The number of aromatic nitrogens is 2. The van der Waals surface area contributed by atoms with E-state index < -0.39 is 16.7 Å². The van der Waals surface area contributed by atoms with Crippen molar-refractivity contribution in [3.63, 3.8) is 0 Å². The maximum absolute atomic E-state index is 13.1. The predicted octanol–water partition coefficient (Wildman–Crippen LogP) is 4.17. The molecule has 0 bridgehead atoms. The van der Waals surface area contributed by atoms with Crippen molar-refractivity contribution in [2.24, 2.45) is 7.05 Å². The summed E-state index contributed by atoms with van der Waals surface area (Å²) >= 11 is 12.3. The van der Waals surface area contributed by atoms with Crippen molar-refractivity contribution in [2.75, 3.05) is 4.90 Å². The average Bonchev–Trinajstić information content (AvgIpc) is 2.98. The SMILES string of the molecule is CCCC(=O)N(C(=O)c1cc(CC)nn1C)c1c(Cl)cc([N+](=O)[O-])cc1Cl. The second kappa shape index (κ2) is 8.49. The minimum atomic E-state index is -0.657. The lowest BCUT2D eigenvalue weighted by atomic mass is 10.2. The first-order valence-electron chi connectivity index (χ1n) is 8.24. The number of benzene rings is 1. The van der Waals surface area contributed by atoms with Crippen molar-refractivity contribution in [3.8, 4) is 0 Å². The van der Waals surface area contributed by atoms with E-state index in [0.29, 0.717) is 18.5 Å². The third-order valence-electron chi connectivity index (χ3n) is 3.86. The topological polar surface area (TPSA) is 98.3 Å². The van der Waals surface area contributed by atoms with Crippen LogP contribution in [0.4, 0.5) is 11.4 Å². The van der Waals surface area contributed by atoms with Gasteiger partial charge in [0.1, 0.15) is 5.69 Å². The Hall–Kier alpha value is -2.45. The number of aryl methyl sites for hydroxylation is 2. The molecule has 0 aliphatic carbocycles. The van der Waals surface area contributed by atoms with E-state index >= 15 is 0 Å². The third-order valence-corrected chi connectivity index (χ3v) is 4.44. The zero-order valence-electron chi connectivity index (χ0n) is 15.0. The van der Waals surface area contributed by atoms with Gasteiger partial charge in [0.25, 0.3) is 11.6 Å². The number of carbonyl (C=O) groups excluding carboxylic acids is 2. The second-order valence-corrected chi connectivity index (χ2v) is 6.61. The molecular formula is C17H18Cl2N4O4. The highest BCUT2D eigenvalue weighted by molar-refractivity contribution is 6.42. The van der Waals surface area contributed by atoms with E-state index in [2.05, 4.69) is 5.10 Å². The van der Waals surface area contributed by atoms with Crippen LogP contribution in [0, 0.1) is 10.1 Å². The summed E-state index contributed by atoms with van der Waals surface area (Å²) in [6, 6.07) is 3.70. The van der Waals surface area contributed by atoms with Gasteiger partial charge in [0.2, 0.25) is 5.91 Å². The van der Waals surface area contributed by atoms with Crippen LogP contribution in [0.25, 0.3) is 0 Å². The van der Waals surface area contributed by atoms with Gasteiger partial charge in [0, 0.05) is 25.6 Å². The molecule has 2 aromatic rings. The molecule has 2 amide bonds. The van der Waals surface area contributed by atoms with Crippen molar-refractivity contribution in [3.05, 3.63) is 49.7 Å². The monoisotopic (exact) mass is 412 g/mol. The number of anilines is 1. The van der Waals surface area contributed by atoms with E-state index in [9.17, 15) is 19.7 Å². The fourth-order valence-electron chi connectivity index (χ4n) is 2.55. The van der Waals surface area contributed by atoms with Crippen LogP contribution in [0.5, 0.6) is 0 Å². The van der Waals surface area contributed by atoms with Crippen LogP contribution in [0.3, 0.4) is 0 Å². The summed E-state index contributed by atoms with van der Waals surface area (Å²) in [5, 5.41) is 14.9. The van der Waals surface area contributed by atoms with E-state index in [1.54, 1.807) is 20.0 Å². The summed E-state index contributed by atoms with van der Waals surface area (Å²) in [5.41, 5.74) is 0.455. The Labute approximate surface area is 165 Å². The normalized spacial score (nSPS) is 10.7. The number of amides is 2. The van der Waals surface area contributed by atoms with E-state index in [4.69, 9.17) is 23.2 Å².